The maximum Gasteiger partial charge on any atom is 0.211 e. The summed E-state index contributed by atoms with van der Waals surface area (Å²) in [6, 6.07) is 15.0. The van der Waals surface area contributed by atoms with Gasteiger partial charge in [0.15, 0.2) is 0 Å². The number of benzene rings is 2. The highest BCUT2D eigenvalue weighted by Gasteiger charge is 2.30. The first kappa shape index (κ1) is 23.2. The lowest BCUT2D eigenvalue weighted by Crippen LogP contribution is -2.29. The third-order valence-corrected chi connectivity index (χ3v) is 4.84. The normalized spacial score (nSPS) is 13.1. The molecule has 2 aromatic carbocycles. The van der Waals surface area contributed by atoms with Gasteiger partial charge in [-0.05, 0) is 49.2 Å². The molecule has 0 saturated heterocycles. The van der Waals surface area contributed by atoms with Crippen LogP contribution in [0.2, 0.25) is 10.0 Å². The smallest absolute Gasteiger partial charge is 0.211 e. The van der Waals surface area contributed by atoms with Gasteiger partial charge >= 0.3 is 0 Å². The van der Waals surface area contributed by atoms with Gasteiger partial charge < -0.3 is 22.9 Å². The van der Waals surface area contributed by atoms with Crippen molar-refractivity contribution in [3.63, 3.8) is 0 Å². The first-order valence-corrected chi connectivity index (χ1v) is 9.71. The molecule has 0 amide bonds. The Morgan fingerprint density at radius 1 is 0.633 bits per heavy atom. The second-order valence-electron chi connectivity index (χ2n) is 6.59. The minimum Gasteiger partial charge on any atom is -0.369 e. The molecule has 0 atom stereocenters. The van der Waals surface area contributed by atoms with Gasteiger partial charge in [0.2, 0.25) is 11.9 Å². The van der Waals surface area contributed by atoms with Crippen molar-refractivity contribution in [2.75, 3.05) is 0 Å². The number of rotatable bonds is 7. The predicted octanol–water partition coefficient (Wildman–Crippen LogP) is 3.04. The van der Waals surface area contributed by atoms with Crippen LogP contribution in [0.25, 0.3) is 0 Å². The van der Waals surface area contributed by atoms with Crippen molar-refractivity contribution in [3.05, 3.63) is 69.7 Å². The van der Waals surface area contributed by atoms with E-state index in [9.17, 15) is 0 Å². The van der Waals surface area contributed by atoms with Crippen LogP contribution in [0.4, 0.5) is 0 Å². The monoisotopic (exact) mass is 446 g/mol. The molecule has 0 aliphatic carbocycles. The Labute approximate surface area is 185 Å². The summed E-state index contributed by atoms with van der Waals surface area (Å²) in [7, 11) is 0. The van der Waals surface area contributed by atoms with Crippen LogP contribution in [-0.4, -0.2) is 23.3 Å². The Morgan fingerprint density at radius 2 is 0.967 bits per heavy atom. The summed E-state index contributed by atoms with van der Waals surface area (Å²) in [4.78, 5) is 0. The zero-order valence-electron chi connectivity index (χ0n) is 16.6. The number of nitrogens with two attached hydrogens (primary N) is 4. The lowest BCUT2D eigenvalue weighted by atomic mass is 9.76. The van der Waals surface area contributed by atoms with Crippen molar-refractivity contribution in [2.45, 2.75) is 19.8 Å². The molecular formula is C20H24Cl2N8. The van der Waals surface area contributed by atoms with Crippen LogP contribution in [0.15, 0.2) is 68.9 Å². The summed E-state index contributed by atoms with van der Waals surface area (Å²) >= 11 is 12.2. The van der Waals surface area contributed by atoms with E-state index in [0.29, 0.717) is 21.5 Å². The largest absolute Gasteiger partial charge is 0.369 e. The molecule has 2 rings (SSSR count). The highest BCUT2D eigenvalue weighted by molar-refractivity contribution is 6.30. The van der Waals surface area contributed by atoms with Crippen LogP contribution in [0.1, 0.15) is 30.9 Å². The molecule has 0 aliphatic rings. The van der Waals surface area contributed by atoms with Crippen molar-refractivity contribution in [2.24, 2.45) is 49.3 Å². The molecule has 0 spiro atoms. The molecule has 0 fully saturated rings. The number of halogens is 2. The van der Waals surface area contributed by atoms with Crippen LogP contribution in [0.3, 0.4) is 0 Å². The van der Waals surface area contributed by atoms with Crippen LogP contribution in [-0.2, 0) is 0 Å². The van der Waals surface area contributed by atoms with E-state index in [4.69, 9.17) is 46.1 Å². The second kappa shape index (κ2) is 10.6. The molecule has 0 bridgehead atoms. The lowest BCUT2D eigenvalue weighted by molar-refractivity contribution is 0.739. The third-order valence-electron chi connectivity index (χ3n) is 4.34. The highest BCUT2D eigenvalue weighted by atomic mass is 35.5. The van der Waals surface area contributed by atoms with E-state index in [-0.39, 0.29) is 23.8 Å². The van der Waals surface area contributed by atoms with E-state index >= 15 is 0 Å². The number of hydrogen-bond acceptors (Lipinski definition) is 4. The Balaban J connectivity index is 2.72. The van der Waals surface area contributed by atoms with Crippen molar-refractivity contribution in [1.82, 2.24) is 0 Å². The summed E-state index contributed by atoms with van der Waals surface area (Å²) < 4.78 is 0. The quantitative estimate of drug-likeness (QED) is 0.293. The van der Waals surface area contributed by atoms with Gasteiger partial charge in [-0.2, -0.15) is 10.2 Å². The number of hydrogen-bond donors (Lipinski definition) is 4. The number of guanidine groups is 2. The van der Waals surface area contributed by atoms with Crippen LogP contribution in [0, 0.1) is 5.92 Å². The Bertz CT molecular complexity index is 891. The molecule has 8 nitrogen and oxygen atoms in total. The molecule has 158 valence electrons. The zero-order chi connectivity index (χ0) is 22.3. The Morgan fingerprint density at radius 3 is 1.27 bits per heavy atom. The SMILES string of the molecule is C/C(=N\N=C(N)N)C(/C(C)=N/N=C(N)N)C(c1ccc(Cl)cc1)c1ccc(Cl)cc1. The Hall–Kier alpha value is -3.10. The van der Waals surface area contributed by atoms with Crippen molar-refractivity contribution < 1.29 is 0 Å². The van der Waals surface area contributed by atoms with Gasteiger partial charge in [-0.15, -0.1) is 10.2 Å². The van der Waals surface area contributed by atoms with Gasteiger partial charge in [0, 0.05) is 33.3 Å². The van der Waals surface area contributed by atoms with Gasteiger partial charge in [-0.25, -0.2) is 0 Å². The summed E-state index contributed by atoms with van der Waals surface area (Å²) in [5.74, 6) is -0.878. The Kier molecular flexibility index (Phi) is 8.20. The van der Waals surface area contributed by atoms with Gasteiger partial charge in [0.05, 0.1) is 0 Å². The van der Waals surface area contributed by atoms with Gasteiger partial charge in [0.25, 0.3) is 0 Å². The molecule has 0 aromatic heterocycles. The third kappa shape index (κ3) is 6.47. The van der Waals surface area contributed by atoms with Crippen molar-refractivity contribution in [3.8, 4) is 0 Å². The van der Waals surface area contributed by atoms with Gasteiger partial charge in [-0.3, -0.25) is 0 Å². The molecular weight excluding hydrogens is 423 g/mol. The summed E-state index contributed by atoms with van der Waals surface area (Å²) in [6.45, 7) is 3.62. The first-order chi connectivity index (χ1) is 14.2. The van der Waals surface area contributed by atoms with E-state index in [2.05, 4.69) is 20.4 Å². The van der Waals surface area contributed by atoms with Crippen LogP contribution >= 0.6 is 23.2 Å². The average molecular weight is 447 g/mol. The van der Waals surface area contributed by atoms with E-state index < -0.39 is 0 Å². The van der Waals surface area contributed by atoms with E-state index in [1.807, 2.05) is 62.4 Å². The van der Waals surface area contributed by atoms with E-state index in [1.165, 1.54) is 0 Å². The van der Waals surface area contributed by atoms with Crippen LogP contribution < -0.4 is 22.9 Å². The molecule has 30 heavy (non-hydrogen) atoms. The summed E-state index contributed by atoms with van der Waals surface area (Å²) in [5.41, 5.74) is 25.0. The minimum atomic E-state index is -0.362. The minimum absolute atomic E-state index is 0.151. The molecule has 0 heterocycles. The van der Waals surface area contributed by atoms with Gasteiger partial charge in [-0.1, -0.05) is 47.5 Å². The zero-order valence-corrected chi connectivity index (χ0v) is 18.1. The molecule has 0 aliphatic heterocycles. The predicted molar refractivity (Wildman–Crippen MR) is 126 cm³/mol. The van der Waals surface area contributed by atoms with E-state index in [1.54, 1.807) is 0 Å². The summed E-state index contributed by atoms with van der Waals surface area (Å²) in [5, 5.41) is 17.2. The fourth-order valence-electron chi connectivity index (χ4n) is 3.10. The standard InChI is InChI=1S/C20H24Cl2N8/c1-11(27-29-19(23)24)17(12(2)28-30-20(25)26)18(13-3-7-15(21)8-4-13)14-5-9-16(22)10-6-14/h3-10,17-18H,1-2H3,(H4,23,24,29)(H4,25,26,30)/b27-11+,28-12+. The molecule has 0 radical (unpaired) electrons. The number of nitrogens with zero attached hydrogens (tertiary/aromatic N) is 4. The topological polar surface area (TPSA) is 154 Å². The first-order valence-electron chi connectivity index (χ1n) is 8.96. The van der Waals surface area contributed by atoms with Crippen LogP contribution in [0.5, 0.6) is 0 Å². The maximum atomic E-state index is 6.10. The maximum absolute atomic E-state index is 6.10. The fraction of sp³-hybridized carbons (Fsp3) is 0.200. The van der Waals surface area contributed by atoms with Crippen molar-refractivity contribution in [1.29, 1.82) is 0 Å². The molecule has 10 heteroatoms. The summed E-state index contributed by atoms with van der Waals surface area (Å²) in [6.07, 6.45) is 0. The van der Waals surface area contributed by atoms with Crippen molar-refractivity contribution >= 4 is 46.5 Å². The van der Waals surface area contributed by atoms with E-state index in [0.717, 1.165) is 11.1 Å². The lowest BCUT2D eigenvalue weighted by Gasteiger charge is -2.28. The van der Waals surface area contributed by atoms with Gasteiger partial charge in [0.1, 0.15) is 0 Å². The molecule has 8 N–H and O–H groups in total. The molecule has 0 unspecified atom stereocenters. The molecule has 2 aromatic rings. The second-order valence-corrected chi connectivity index (χ2v) is 7.46. The fourth-order valence-corrected chi connectivity index (χ4v) is 3.35. The molecule has 0 saturated carbocycles. The average Bonchev–Trinajstić information content (AvgIpc) is 2.70. The highest BCUT2D eigenvalue weighted by Crippen LogP contribution is 2.35.